The molecule has 6 heteroatoms. The van der Waals surface area contributed by atoms with Crippen LogP contribution in [-0.4, -0.2) is 51.2 Å². The van der Waals surface area contributed by atoms with Crippen LogP contribution < -0.4 is 0 Å². The van der Waals surface area contributed by atoms with Crippen molar-refractivity contribution in [1.29, 1.82) is 0 Å². The summed E-state index contributed by atoms with van der Waals surface area (Å²) >= 11 is 0. The number of hydrogen-bond acceptors (Lipinski definition) is 4. The molecule has 0 aromatic carbocycles. The van der Waals surface area contributed by atoms with Crippen LogP contribution in [0.2, 0.25) is 0 Å². The highest BCUT2D eigenvalue weighted by Gasteiger charge is 2.14. The van der Waals surface area contributed by atoms with Gasteiger partial charge in [0.05, 0.1) is 20.6 Å². The van der Waals surface area contributed by atoms with Crippen LogP contribution in [0.5, 0.6) is 0 Å². The van der Waals surface area contributed by atoms with E-state index in [1.165, 1.54) is 38.5 Å². The highest BCUT2D eigenvalue weighted by molar-refractivity contribution is 7.80. The summed E-state index contributed by atoms with van der Waals surface area (Å²) in [4.78, 5) is 0. The zero-order valence-electron chi connectivity index (χ0n) is 12.6. The van der Waals surface area contributed by atoms with Crippen molar-refractivity contribution in [2.75, 3.05) is 33.8 Å². The molecule has 116 valence electrons. The van der Waals surface area contributed by atoms with E-state index in [4.69, 9.17) is 0 Å². The van der Waals surface area contributed by atoms with Crippen molar-refractivity contribution >= 4 is 10.4 Å². The number of unbranched alkanes of at least 4 members (excludes halogenated alkanes) is 6. The van der Waals surface area contributed by atoms with Crippen LogP contribution in [0.15, 0.2) is 0 Å². The van der Waals surface area contributed by atoms with Gasteiger partial charge in [-0.1, -0.05) is 39.0 Å². The van der Waals surface area contributed by atoms with Crippen molar-refractivity contribution < 1.29 is 21.6 Å². The van der Waals surface area contributed by atoms with Crippen molar-refractivity contribution in [2.45, 2.75) is 51.9 Å². The molecule has 0 fully saturated rings. The molecule has 0 aliphatic carbocycles. The number of quaternary nitrogens is 1. The first kappa shape index (κ1) is 18.8. The van der Waals surface area contributed by atoms with Gasteiger partial charge in [-0.25, -0.2) is 8.42 Å². The fourth-order valence-electron chi connectivity index (χ4n) is 2.00. The summed E-state index contributed by atoms with van der Waals surface area (Å²) in [5.74, 6) is 0. The first-order valence-corrected chi connectivity index (χ1v) is 8.52. The second-order valence-electron chi connectivity index (χ2n) is 5.73. The lowest BCUT2D eigenvalue weighted by molar-refractivity contribution is -0.890. The van der Waals surface area contributed by atoms with Crippen molar-refractivity contribution in [2.24, 2.45) is 0 Å². The Hall–Kier alpha value is -0.170. The van der Waals surface area contributed by atoms with Gasteiger partial charge in [0.2, 0.25) is 10.4 Å². The predicted molar refractivity (Wildman–Crippen MR) is 75.5 cm³/mol. The third-order valence-corrected chi connectivity index (χ3v) is 3.75. The van der Waals surface area contributed by atoms with Gasteiger partial charge in [0.1, 0.15) is 13.2 Å². The number of likely N-dealkylation sites (N-methyl/N-ethyl adjacent to an activating group) is 1. The van der Waals surface area contributed by atoms with E-state index in [9.17, 15) is 13.0 Å². The van der Waals surface area contributed by atoms with E-state index in [0.717, 1.165) is 13.0 Å². The van der Waals surface area contributed by atoms with Gasteiger partial charge in [-0.3, -0.25) is 4.18 Å². The Morgan fingerprint density at radius 3 is 2.00 bits per heavy atom. The number of hydrogen-bond donors (Lipinski definition) is 0. The van der Waals surface area contributed by atoms with Crippen molar-refractivity contribution in [1.82, 2.24) is 0 Å². The molecule has 0 heterocycles. The Kier molecular flexibility index (Phi) is 9.60. The predicted octanol–water partition coefficient (Wildman–Crippen LogP) is 2.29. The third kappa shape index (κ3) is 14.1. The fourth-order valence-corrected chi connectivity index (χ4v) is 2.27. The zero-order chi connectivity index (χ0) is 14.8. The van der Waals surface area contributed by atoms with Crippen LogP contribution in [-0.2, 0) is 14.6 Å². The van der Waals surface area contributed by atoms with Gasteiger partial charge in [0.15, 0.2) is 0 Å². The van der Waals surface area contributed by atoms with Gasteiger partial charge >= 0.3 is 0 Å². The van der Waals surface area contributed by atoms with Gasteiger partial charge in [0, 0.05) is 0 Å². The monoisotopic (exact) mass is 295 g/mol. The normalized spacial score (nSPS) is 12.8. The Morgan fingerprint density at radius 1 is 0.947 bits per heavy atom. The molecule has 0 unspecified atom stereocenters. The zero-order valence-corrected chi connectivity index (χ0v) is 13.4. The molecule has 0 rings (SSSR count). The Balaban J connectivity index is 3.56. The van der Waals surface area contributed by atoms with E-state index in [2.05, 4.69) is 11.1 Å². The minimum absolute atomic E-state index is 0.0324. The Labute approximate surface area is 118 Å². The lowest BCUT2D eigenvalue weighted by Crippen LogP contribution is -2.43. The van der Waals surface area contributed by atoms with E-state index in [-0.39, 0.29) is 6.61 Å². The van der Waals surface area contributed by atoms with Gasteiger partial charge in [-0.2, -0.15) is 0 Å². The maximum Gasteiger partial charge on any atom is 0.217 e. The van der Waals surface area contributed by atoms with Crippen molar-refractivity contribution in [3.05, 3.63) is 0 Å². The Bertz CT molecular complexity index is 315. The van der Waals surface area contributed by atoms with Crippen molar-refractivity contribution in [3.63, 3.8) is 0 Å². The topological polar surface area (TPSA) is 66.4 Å². The molecule has 0 saturated heterocycles. The van der Waals surface area contributed by atoms with Gasteiger partial charge < -0.3 is 9.04 Å². The van der Waals surface area contributed by atoms with Crippen LogP contribution in [0.3, 0.4) is 0 Å². The molecule has 0 bridgehead atoms. The summed E-state index contributed by atoms with van der Waals surface area (Å²) in [6.45, 7) is 3.70. The first-order valence-electron chi connectivity index (χ1n) is 7.19. The molecule has 0 aromatic rings. The maximum absolute atomic E-state index is 10.3. The van der Waals surface area contributed by atoms with Gasteiger partial charge in [-0.15, -0.1) is 0 Å². The standard InChI is InChI=1S/C13H29NO4S/c1-4-5-6-7-8-9-10-11-14(2,3)12-13-18-19(15,16)17/h4-13H2,1-3H3. The van der Waals surface area contributed by atoms with Crippen LogP contribution in [0.25, 0.3) is 0 Å². The maximum atomic E-state index is 10.3. The molecule has 0 spiro atoms. The second kappa shape index (κ2) is 9.69. The molecule has 0 atom stereocenters. The SMILES string of the molecule is CCCCCCCCC[N+](C)(C)CCOS(=O)(=O)[O-]. The minimum atomic E-state index is -4.54. The minimum Gasteiger partial charge on any atom is -0.726 e. The van der Waals surface area contributed by atoms with Crippen LogP contribution in [0, 0.1) is 0 Å². The molecule has 0 aromatic heterocycles. The summed E-state index contributed by atoms with van der Waals surface area (Å²) in [5, 5.41) is 0. The van der Waals surface area contributed by atoms with Crippen LogP contribution in [0.1, 0.15) is 51.9 Å². The summed E-state index contributed by atoms with van der Waals surface area (Å²) in [5.41, 5.74) is 0. The lowest BCUT2D eigenvalue weighted by atomic mass is 10.1. The van der Waals surface area contributed by atoms with E-state index >= 15 is 0 Å². The van der Waals surface area contributed by atoms with E-state index in [0.29, 0.717) is 11.0 Å². The highest BCUT2D eigenvalue weighted by atomic mass is 32.3. The fraction of sp³-hybridized carbons (Fsp3) is 1.00. The summed E-state index contributed by atoms with van der Waals surface area (Å²) in [6.07, 6.45) is 8.83. The Morgan fingerprint density at radius 2 is 1.47 bits per heavy atom. The van der Waals surface area contributed by atoms with Crippen LogP contribution in [0.4, 0.5) is 0 Å². The molecule has 0 radical (unpaired) electrons. The highest BCUT2D eigenvalue weighted by Crippen LogP contribution is 2.09. The molecule has 5 nitrogen and oxygen atoms in total. The molecule has 0 saturated carbocycles. The summed E-state index contributed by atoms with van der Waals surface area (Å²) < 4.78 is 35.9. The quantitative estimate of drug-likeness (QED) is 0.240. The average Bonchev–Trinajstić information content (AvgIpc) is 2.25. The third-order valence-electron chi connectivity index (χ3n) is 3.29. The average molecular weight is 295 g/mol. The largest absolute Gasteiger partial charge is 0.726 e. The van der Waals surface area contributed by atoms with E-state index in [1.807, 2.05) is 14.1 Å². The molecule has 0 aliphatic heterocycles. The van der Waals surface area contributed by atoms with Crippen molar-refractivity contribution in [3.8, 4) is 0 Å². The smallest absolute Gasteiger partial charge is 0.217 e. The first-order chi connectivity index (χ1) is 8.77. The van der Waals surface area contributed by atoms with E-state index in [1.54, 1.807) is 0 Å². The second-order valence-corrected chi connectivity index (χ2v) is 6.79. The van der Waals surface area contributed by atoms with E-state index < -0.39 is 10.4 Å². The lowest BCUT2D eigenvalue weighted by Gasteiger charge is -2.29. The summed E-state index contributed by atoms with van der Waals surface area (Å²) in [7, 11) is -0.493. The molecule has 0 N–H and O–H groups in total. The number of nitrogens with zero attached hydrogens (tertiary/aromatic N) is 1. The molecule has 19 heavy (non-hydrogen) atoms. The molecular formula is C13H29NO4S. The molecular weight excluding hydrogens is 266 g/mol. The molecule has 0 aliphatic rings. The summed E-state index contributed by atoms with van der Waals surface area (Å²) in [6, 6.07) is 0. The molecule has 0 amide bonds. The van der Waals surface area contributed by atoms with Crippen LogP contribution >= 0.6 is 0 Å². The number of rotatable bonds is 12. The van der Waals surface area contributed by atoms with Gasteiger partial charge in [0.25, 0.3) is 0 Å². The van der Waals surface area contributed by atoms with Gasteiger partial charge in [-0.05, 0) is 12.8 Å².